The molecule has 0 bridgehead atoms. The van der Waals surface area contributed by atoms with Crippen LogP contribution >= 0.6 is 0 Å². The van der Waals surface area contributed by atoms with Gasteiger partial charge in [-0.2, -0.15) is 0 Å². The smallest absolute Gasteiger partial charge is 0.192 e. The lowest BCUT2D eigenvalue weighted by atomic mass is 10.4. The Kier molecular flexibility index (Phi) is 9.28. The first-order valence-electron chi connectivity index (χ1n) is 7.04. The molecule has 0 aliphatic carbocycles. The highest BCUT2D eigenvalue weighted by molar-refractivity contribution is 6.73. The Bertz CT molecular complexity index is 156. The molecule has 0 amide bonds. The SMILES string of the molecule is CCO[Si](CC)(CC)CCCN(CC)CC. The van der Waals surface area contributed by atoms with Gasteiger partial charge in [0.05, 0.1) is 0 Å². The third-order valence-corrected chi connectivity index (χ3v) is 8.48. The van der Waals surface area contributed by atoms with E-state index >= 15 is 0 Å². The van der Waals surface area contributed by atoms with E-state index in [0.29, 0.717) is 0 Å². The number of nitrogens with zero attached hydrogens (tertiary/aromatic N) is 1. The summed E-state index contributed by atoms with van der Waals surface area (Å²) in [4.78, 5) is 2.51. The highest BCUT2D eigenvalue weighted by Gasteiger charge is 2.29. The van der Waals surface area contributed by atoms with E-state index in [2.05, 4.69) is 39.5 Å². The second-order valence-electron chi connectivity index (χ2n) is 4.45. The quantitative estimate of drug-likeness (QED) is 0.544. The van der Waals surface area contributed by atoms with Gasteiger partial charge in [-0.05, 0) is 51.1 Å². The summed E-state index contributed by atoms with van der Waals surface area (Å²) in [5.41, 5.74) is 0. The second-order valence-corrected chi connectivity index (χ2v) is 9.02. The van der Waals surface area contributed by atoms with Gasteiger partial charge < -0.3 is 9.33 Å². The molecule has 0 N–H and O–H groups in total. The fraction of sp³-hybridized carbons (Fsp3) is 1.00. The van der Waals surface area contributed by atoms with Crippen LogP contribution in [0.3, 0.4) is 0 Å². The lowest BCUT2D eigenvalue weighted by Gasteiger charge is -2.29. The van der Waals surface area contributed by atoms with Crippen molar-refractivity contribution in [1.82, 2.24) is 4.90 Å². The lowest BCUT2D eigenvalue weighted by Crippen LogP contribution is -2.37. The van der Waals surface area contributed by atoms with Crippen LogP contribution in [0.2, 0.25) is 18.1 Å². The van der Waals surface area contributed by atoms with E-state index in [9.17, 15) is 0 Å². The Balaban J connectivity index is 4.01. The summed E-state index contributed by atoms with van der Waals surface area (Å²) in [6.45, 7) is 15.7. The van der Waals surface area contributed by atoms with Crippen LogP contribution in [0.25, 0.3) is 0 Å². The third kappa shape index (κ3) is 5.46. The van der Waals surface area contributed by atoms with Crippen molar-refractivity contribution in [3.05, 3.63) is 0 Å². The van der Waals surface area contributed by atoms with E-state index in [-0.39, 0.29) is 0 Å². The molecule has 0 saturated heterocycles. The molecule has 0 aromatic rings. The molecule has 0 saturated carbocycles. The Labute approximate surface area is 103 Å². The van der Waals surface area contributed by atoms with Gasteiger partial charge >= 0.3 is 0 Å². The molecule has 0 aromatic carbocycles. The van der Waals surface area contributed by atoms with Crippen LogP contribution < -0.4 is 0 Å². The summed E-state index contributed by atoms with van der Waals surface area (Å²) >= 11 is 0. The van der Waals surface area contributed by atoms with Crippen molar-refractivity contribution in [2.75, 3.05) is 26.2 Å². The minimum absolute atomic E-state index is 0.902. The number of rotatable bonds is 10. The van der Waals surface area contributed by atoms with Crippen molar-refractivity contribution >= 4 is 8.32 Å². The summed E-state index contributed by atoms with van der Waals surface area (Å²) in [5.74, 6) is 0. The van der Waals surface area contributed by atoms with E-state index in [4.69, 9.17) is 4.43 Å². The van der Waals surface area contributed by atoms with Gasteiger partial charge in [-0.1, -0.05) is 27.7 Å². The molecule has 0 aliphatic rings. The summed E-state index contributed by atoms with van der Waals surface area (Å²) in [6.07, 6.45) is 1.32. The summed E-state index contributed by atoms with van der Waals surface area (Å²) in [7, 11) is -1.36. The fourth-order valence-electron chi connectivity index (χ4n) is 2.35. The number of hydrogen-bond acceptors (Lipinski definition) is 2. The van der Waals surface area contributed by atoms with E-state index in [1.165, 1.54) is 44.2 Å². The highest BCUT2D eigenvalue weighted by atomic mass is 28.4. The van der Waals surface area contributed by atoms with E-state index in [1.807, 2.05) is 0 Å². The first kappa shape index (κ1) is 16.1. The van der Waals surface area contributed by atoms with Crippen molar-refractivity contribution in [3.8, 4) is 0 Å². The Morgan fingerprint density at radius 3 is 1.88 bits per heavy atom. The molecule has 0 rings (SSSR count). The topological polar surface area (TPSA) is 12.5 Å². The van der Waals surface area contributed by atoms with Crippen molar-refractivity contribution in [1.29, 1.82) is 0 Å². The van der Waals surface area contributed by atoms with Gasteiger partial charge in [0.2, 0.25) is 0 Å². The Hall–Kier alpha value is 0.137. The zero-order valence-corrected chi connectivity index (χ0v) is 13.0. The van der Waals surface area contributed by atoms with E-state index in [1.54, 1.807) is 0 Å². The summed E-state index contributed by atoms with van der Waals surface area (Å²) in [6, 6.07) is 3.88. The van der Waals surface area contributed by atoms with Crippen LogP contribution in [0.1, 0.15) is 41.0 Å². The van der Waals surface area contributed by atoms with Gasteiger partial charge in [0.25, 0.3) is 0 Å². The minimum atomic E-state index is -1.36. The second kappa shape index (κ2) is 9.20. The van der Waals surface area contributed by atoms with Crippen LogP contribution in [0, 0.1) is 0 Å². The van der Waals surface area contributed by atoms with Crippen LogP contribution in [-0.2, 0) is 4.43 Å². The summed E-state index contributed by atoms with van der Waals surface area (Å²) < 4.78 is 6.10. The first-order chi connectivity index (χ1) is 7.67. The van der Waals surface area contributed by atoms with Gasteiger partial charge in [-0.15, -0.1) is 0 Å². The molecule has 0 aromatic heterocycles. The average molecular weight is 245 g/mol. The van der Waals surface area contributed by atoms with Gasteiger partial charge in [-0.25, -0.2) is 0 Å². The third-order valence-electron chi connectivity index (χ3n) is 3.74. The predicted octanol–water partition coefficient (Wildman–Crippen LogP) is 3.74. The normalized spacial score (nSPS) is 12.4. The zero-order valence-electron chi connectivity index (χ0n) is 12.0. The molecule has 3 heteroatoms. The summed E-state index contributed by atoms with van der Waals surface area (Å²) in [5, 5.41) is 0. The van der Waals surface area contributed by atoms with Gasteiger partial charge in [0.1, 0.15) is 0 Å². The molecule has 0 radical (unpaired) electrons. The Morgan fingerprint density at radius 2 is 1.50 bits per heavy atom. The van der Waals surface area contributed by atoms with Crippen molar-refractivity contribution < 1.29 is 4.43 Å². The molecule has 0 unspecified atom stereocenters. The monoisotopic (exact) mass is 245 g/mol. The largest absolute Gasteiger partial charge is 0.417 e. The predicted molar refractivity (Wildman–Crippen MR) is 75.6 cm³/mol. The van der Waals surface area contributed by atoms with Crippen LogP contribution in [0.4, 0.5) is 0 Å². The van der Waals surface area contributed by atoms with Gasteiger partial charge in [-0.3, -0.25) is 0 Å². The standard InChI is InChI=1S/C13H31NOSi/c1-6-14(7-2)12-11-13-16(9-4,10-5)15-8-3/h6-13H2,1-5H3. The van der Waals surface area contributed by atoms with E-state index in [0.717, 1.165) is 6.61 Å². The average Bonchev–Trinajstić information content (AvgIpc) is 2.33. The lowest BCUT2D eigenvalue weighted by molar-refractivity contribution is 0.292. The number of hydrogen-bond donors (Lipinski definition) is 0. The van der Waals surface area contributed by atoms with Crippen molar-refractivity contribution in [3.63, 3.8) is 0 Å². The van der Waals surface area contributed by atoms with Crippen LogP contribution in [0.5, 0.6) is 0 Å². The molecule has 2 nitrogen and oxygen atoms in total. The van der Waals surface area contributed by atoms with Gasteiger partial charge in [0, 0.05) is 6.61 Å². The molecular formula is C13H31NOSi. The maximum absolute atomic E-state index is 6.10. The molecular weight excluding hydrogens is 214 g/mol. The van der Waals surface area contributed by atoms with Crippen molar-refractivity contribution in [2.45, 2.75) is 59.2 Å². The molecule has 0 aliphatic heterocycles. The van der Waals surface area contributed by atoms with Crippen molar-refractivity contribution in [2.24, 2.45) is 0 Å². The molecule has 98 valence electrons. The molecule has 0 spiro atoms. The maximum Gasteiger partial charge on any atom is 0.192 e. The van der Waals surface area contributed by atoms with Crippen LogP contribution in [0.15, 0.2) is 0 Å². The molecule has 0 fully saturated rings. The molecule has 0 atom stereocenters. The first-order valence-corrected chi connectivity index (χ1v) is 9.57. The Morgan fingerprint density at radius 1 is 0.938 bits per heavy atom. The highest BCUT2D eigenvalue weighted by Crippen LogP contribution is 2.23. The van der Waals surface area contributed by atoms with Gasteiger partial charge in [0.15, 0.2) is 8.32 Å². The van der Waals surface area contributed by atoms with E-state index < -0.39 is 8.32 Å². The fourth-order valence-corrected chi connectivity index (χ4v) is 5.53. The molecule has 0 heterocycles. The minimum Gasteiger partial charge on any atom is -0.417 e. The molecule has 16 heavy (non-hydrogen) atoms. The maximum atomic E-state index is 6.10. The zero-order chi connectivity index (χ0) is 12.4. The van der Waals surface area contributed by atoms with Crippen LogP contribution in [-0.4, -0.2) is 39.5 Å².